The molecule has 0 aromatic carbocycles. The topological polar surface area (TPSA) is 55.8 Å². The Kier molecular flexibility index (Phi) is 4.94. The molecule has 2 unspecified atom stereocenters. The second kappa shape index (κ2) is 5.82. The van der Waals surface area contributed by atoms with Crippen LogP contribution < -0.4 is 0 Å². The Morgan fingerprint density at radius 2 is 2.24 bits per heavy atom. The summed E-state index contributed by atoms with van der Waals surface area (Å²) in [7, 11) is 0. The lowest BCUT2D eigenvalue weighted by molar-refractivity contribution is -0.111. The summed E-state index contributed by atoms with van der Waals surface area (Å²) in [5.74, 6) is 0. The molecular formula is C11H18BrNO4. The molecule has 1 amide bonds. The number of carbonyl (C=O) groups is 2. The number of hydrogen-bond acceptors (Lipinski definition) is 4. The highest BCUT2D eigenvalue weighted by atomic mass is 79.9. The summed E-state index contributed by atoms with van der Waals surface area (Å²) in [6.07, 6.45) is 0.0914. The molecule has 1 fully saturated rings. The molecule has 0 aromatic heterocycles. The highest BCUT2D eigenvalue weighted by Crippen LogP contribution is 2.16. The zero-order valence-electron chi connectivity index (χ0n) is 10.3. The van der Waals surface area contributed by atoms with E-state index in [4.69, 9.17) is 9.47 Å². The van der Waals surface area contributed by atoms with Crippen LogP contribution in [0.15, 0.2) is 0 Å². The number of hydrogen-bond donors (Lipinski definition) is 0. The fraction of sp³-hybridized carbons (Fsp3) is 0.818. The molecule has 17 heavy (non-hydrogen) atoms. The summed E-state index contributed by atoms with van der Waals surface area (Å²) >= 11 is 3.20. The number of aldehydes is 1. The molecule has 0 radical (unpaired) electrons. The molecule has 0 aromatic rings. The van der Waals surface area contributed by atoms with Crippen LogP contribution in [0.3, 0.4) is 0 Å². The molecule has 1 aliphatic heterocycles. The molecule has 1 heterocycles. The van der Waals surface area contributed by atoms with Crippen LogP contribution in [0.1, 0.15) is 20.8 Å². The molecule has 1 saturated heterocycles. The van der Waals surface area contributed by atoms with E-state index in [1.165, 1.54) is 0 Å². The SMILES string of the molecule is CC(C)(C)OC(=O)N1CCOC(C(Br)C=O)C1. The van der Waals surface area contributed by atoms with Gasteiger partial charge in [-0.2, -0.15) is 0 Å². The average Bonchev–Trinajstić information content (AvgIpc) is 2.26. The molecule has 0 N–H and O–H groups in total. The summed E-state index contributed by atoms with van der Waals surface area (Å²) in [6.45, 7) is 6.73. The second-order valence-corrected chi connectivity index (χ2v) is 5.97. The maximum atomic E-state index is 11.8. The maximum absolute atomic E-state index is 11.8. The molecule has 98 valence electrons. The minimum Gasteiger partial charge on any atom is -0.444 e. The van der Waals surface area contributed by atoms with Gasteiger partial charge < -0.3 is 19.2 Å². The summed E-state index contributed by atoms with van der Waals surface area (Å²) in [4.78, 5) is 23.6. The van der Waals surface area contributed by atoms with Crippen LogP contribution in [-0.4, -0.2) is 53.5 Å². The number of halogens is 1. The third-order valence-corrected chi connectivity index (χ3v) is 3.04. The van der Waals surface area contributed by atoms with Gasteiger partial charge in [-0.15, -0.1) is 0 Å². The Morgan fingerprint density at radius 3 is 2.76 bits per heavy atom. The van der Waals surface area contributed by atoms with Crippen LogP contribution in [-0.2, 0) is 14.3 Å². The van der Waals surface area contributed by atoms with Gasteiger partial charge in [0.15, 0.2) is 0 Å². The number of alkyl halides is 1. The molecule has 5 nitrogen and oxygen atoms in total. The monoisotopic (exact) mass is 307 g/mol. The lowest BCUT2D eigenvalue weighted by atomic mass is 10.2. The third kappa shape index (κ3) is 4.63. The fourth-order valence-corrected chi connectivity index (χ4v) is 1.77. The molecular weight excluding hydrogens is 290 g/mol. The van der Waals surface area contributed by atoms with Crippen LogP contribution in [0.2, 0.25) is 0 Å². The number of ether oxygens (including phenoxy) is 2. The maximum Gasteiger partial charge on any atom is 0.410 e. The van der Waals surface area contributed by atoms with Crippen LogP contribution in [0.25, 0.3) is 0 Å². The molecule has 0 bridgehead atoms. The van der Waals surface area contributed by atoms with Crippen molar-refractivity contribution in [2.75, 3.05) is 19.7 Å². The summed E-state index contributed by atoms with van der Waals surface area (Å²) in [5, 5.41) is 0. The zero-order valence-corrected chi connectivity index (χ0v) is 11.9. The molecule has 6 heteroatoms. The first-order valence-electron chi connectivity index (χ1n) is 5.52. The summed E-state index contributed by atoms with van der Waals surface area (Å²) in [6, 6.07) is 0. The third-order valence-electron chi connectivity index (χ3n) is 2.23. The van der Waals surface area contributed by atoms with Gasteiger partial charge >= 0.3 is 6.09 Å². The van der Waals surface area contributed by atoms with Gasteiger partial charge in [0.25, 0.3) is 0 Å². The van der Waals surface area contributed by atoms with Gasteiger partial charge in [-0.25, -0.2) is 4.79 Å². The van der Waals surface area contributed by atoms with E-state index in [2.05, 4.69) is 15.9 Å². The average molecular weight is 308 g/mol. The van der Waals surface area contributed by atoms with Gasteiger partial charge in [0.2, 0.25) is 0 Å². The minimum absolute atomic E-state index is 0.311. The van der Waals surface area contributed by atoms with Gasteiger partial charge in [-0.1, -0.05) is 15.9 Å². The van der Waals surface area contributed by atoms with E-state index in [0.717, 1.165) is 6.29 Å². The number of carbonyl (C=O) groups excluding carboxylic acids is 2. The number of nitrogens with zero attached hydrogens (tertiary/aromatic N) is 1. The minimum atomic E-state index is -0.511. The van der Waals surface area contributed by atoms with Crippen molar-refractivity contribution >= 4 is 28.3 Å². The summed E-state index contributed by atoms with van der Waals surface area (Å²) in [5.41, 5.74) is -0.511. The molecule has 1 rings (SSSR count). The Hall–Kier alpha value is -0.620. The van der Waals surface area contributed by atoms with Crippen molar-refractivity contribution in [1.29, 1.82) is 0 Å². The van der Waals surface area contributed by atoms with Crippen LogP contribution in [0.5, 0.6) is 0 Å². The fourth-order valence-electron chi connectivity index (χ4n) is 1.45. The highest BCUT2D eigenvalue weighted by Gasteiger charge is 2.31. The largest absolute Gasteiger partial charge is 0.444 e. The van der Waals surface area contributed by atoms with E-state index in [-0.39, 0.29) is 12.2 Å². The first kappa shape index (κ1) is 14.4. The van der Waals surface area contributed by atoms with Crippen molar-refractivity contribution in [1.82, 2.24) is 4.90 Å². The number of rotatable bonds is 2. The van der Waals surface area contributed by atoms with Crippen molar-refractivity contribution in [2.45, 2.75) is 37.3 Å². The molecule has 2 atom stereocenters. The van der Waals surface area contributed by atoms with Gasteiger partial charge in [0, 0.05) is 6.54 Å². The predicted octanol–water partition coefficient (Wildman–Crippen LogP) is 1.58. The van der Waals surface area contributed by atoms with Gasteiger partial charge in [-0.3, -0.25) is 0 Å². The van der Waals surface area contributed by atoms with Crippen molar-refractivity contribution < 1.29 is 19.1 Å². The van der Waals surface area contributed by atoms with Crippen molar-refractivity contribution in [3.05, 3.63) is 0 Å². The van der Waals surface area contributed by atoms with Gasteiger partial charge in [0.05, 0.1) is 24.1 Å². The molecule has 0 saturated carbocycles. The first-order chi connectivity index (χ1) is 7.83. The highest BCUT2D eigenvalue weighted by molar-refractivity contribution is 9.10. The van der Waals surface area contributed by atoms with E-state index >= 15 is 0 Å². The van der Waals surface area contributed by atoms with Gasteiger partial charge in [-0.05, 0) is 20.8 Å². The standard InChI is InChI=1S/C11H18BrNO4/c1-11(2,3)17-10(15)13-4-5-16-9(6-13)8(12)7-14/h7-9H,4-6H2,1-3H3. The Bertz CT molecular complexity index is 290. The van der Waals surface area contributed by atoms with Crippen molar-refractivity contribution in [2.24, 2.45) is 0 Å². The van der Waals surface area contributed by atoms with E-state index in [0.29, 0.717) is 19.7 Å². The van der Waals surface area contributed by atoms with E-state index in [1.807, 2.05) is 20.8 Å². The number of morpholine rings is 1. The second-order valence-electron chi connectivity index (χ2n) is 4.92. The van der Waals surface area contributed by atoms with E-state index in [9.17, 15) is 9.59 Å². The molecule has 0 spiro atoms. The molecule has 0 aliphatic carbocycles. The first-order valence-corrected chi connectivity index (χ1v) is 6.44. The van der Waals surface area contributed by atoms with Crippen LogP contribution >= 0.6 is 15.9 Å². The Morgan fingerprint density at radius 1 is 1.59 bits per heavy atom. The lowest BCUT2D eigenvalue weighted by Crippen LogP contribution is -2.50. The lowest BCUT2D eigenvalue weighted by Gasteiger charge is -2.34. The normalized spacial score (nSPS) is 23.1. The van der Waals surface area contributed by atoms with Crippen molar-refractivity contribution in [3.8, 4) is 0 Å². The zero-order chi connectivity index (χ0) is 13.1. The molecule has 1 aliphatic rings. The Balaban J connectivity index is 2.54. The van der Waals surface area contributed by atoms with Crippen molar-refractivity contribution in [3.63, 3.8) is 0 Å². The predicted molar refractivity (Wildman–Crippen MR) is 66.3 cm³/mol. The summed E-state index contributed by atoms with van der Waals surface area (Å²) < 4.78 is 10.7. The van der Waals surface area contributed by atoms with Crippen LogP contribution in [0, 0.1) is 0 Å². The smallest absolute Gasteiger partial charge is 0.410 e. The van der Waals surface area contributed by atoms with E-state index in [1.54, 1.807) is 4.90 Å². The van der Waals surface area contributed by atoms with Gasteiger partial charge in [0.1, 0.15) is 11.9 Å². The number of amides is 1. The Labute approximate surface area is 110 Å². The quantitative estimate of drug-likeness (QED) is 0.574. The van der Waals surface area contributed by atoms with E-state index < -0.39 is 10.4 Å². The van der Waals surface area contributed by atoms with Crippen LogP contribution in [0.4, 0.5) is 4.79 Å².